The number of ether oxygens (including phenoxy) is 1. The van der Waals surface area contributed by atoms with Crippen molar-refractivity contribution in [3.05, 3.63) is 88.2 Å². The van der Waals surface area contributed by atoms with Gasteiger partial charge in [0.1, 0.15) is 10.7 Å². The number of carbonyl (C=O) groups is 1. The van der Waals surface area contributed by atoms with Gasteiger partial charge in [0.15, 0.2) is 5.76 Å². The minimum absolute atomic E-state index is 0.146. The van der Waals surface area contributed by atoms with Gasteiger partial charge in [0, 0.05) is 10.9 Å². The summed E-state index contributed by atoms with van der Waals surface area (Å²) in [6.07, 6.45) is 3.21. The van der Waals surface area contributed by atoms with Gasteiger partial charge in [-0.2, -0.15) is 5.10 Å². The van der Waals surface area contributed by atoms with E-state index in [1.54, 1.807) is 6.07 Å². The highest BCUT2D eigenvalue weighted by Gasteiger charge is 2.15. The molecule has 0 spiro atoms. The Morgan fingerprint density at radius 2 is 2.03 bits per heavy atom. The number of para-hydroxylation sites is 1. The van der Waals surface area contributed by atoms with E-state index < -0.39 is 16.7 Å². The number of hydrogen-bond donors (Lipinski definition) is 1. The molecule has 4 rings (SSSR count). The van der Waals surface area contributed by atoms with Crippen molar-refractivity contribution in [1.29, 1.82) is 0 Å². The maximum Gasteiger partial charge on any atom is 0.433 e. The van der Waals surface area contributed by atoms with Crippen molar-refractivity contribution in [3.63, 3.8) is 0 Å². The molecule has 34 heavy (non-hydrogen) atoms. The van der Waals surface area contributed by atoms with Crippen LogP contribution in [0.3, 0.4) is 0 Å². The fraction of sp³-hybridized carbons (Fsp3) is 0.160. The van der Waals surface area contributed by atoms with Crippen molar-refractivity contribution in [2.75, 3.05) is 6.61 Å². The van der Waals surface area contributed by atoms with Crippen LogP contribution in [0.5, 0.6) is 5.75 Å². The fourth-order valence-corrected chi connectivity index (χ4v) is 3.32. The zero-order valence-electron chi connectivity index (χ0n) is 18.4. The van der Waals surface area contributed by atoms with Crippen LogP contribution >= 0.6 is 0 Å². The Kier molecular flexibility index (Phi) is 6.92. The number of hydrogen-bond acceptors (Lipinski definition) is 7. The van der Waals surface area contributed by atoms with Gasteiger partial charge < -0.3 is 9.15 Å². The third-order valence-electron chi connectivity index (χ3n) is 5.01. The molecule has 0 unspecified atom stereocenters. The average molecular weight is 458 g/mol. The third-order valence-corrected chi connectivity index (χ3v) is 5.01. The van der Waals surface area contributed by atoms with Crippen molar-refractivity contribution in [2.24, 2.45) is 5.10 Å². The number of rotatable bonds is 9. The summed E-state index contributed by atoms with van der Waals surface area (Å²) in [5.74, 6) is 0.0298. The van der Waals surface area contributed by atoms with Crippen LogP contribution in [0.1, 0.15) is 35.9 Å². The first-order valence-electron chi connectivity index (χ1n) is 10.8. The molecule has 0 aliphatic carbocycles. The summed E-state index contributed by atoms with van der Waals surface area (Å²) in [4.78, 5) is 27.8. The number of hydrazone groups is 1. The van der Waals surface area contributed by atoms with Crippen LogP contribution in [-0.4, -0.2) is 28.6 Å². The Morgan fingerprint density at radius 3 is 2.82 bits per heavy atom. The number of carbonyl (C=O) groups excluding carboxylic acids is 1. The molecule has 0 fully saturated rings. The molecule has 0 radical (unpaired) electrons. The third kappa shape index (κ3) is 5.26. The number of unbranched alkanes of at least 4 members (excludes halogenated alkanes) is 1. The van der Waals surface area contributed by atoms with Crippen LogP contribution in [0.15, 0.2) is 76.2 Å². The van der Waals surface area contributed by atoms with E-state index in [4.69, 9.17) is 14.1 Å². The van der Waals surface area contributed by atoms with Crippen LogP contribution in [0.2, 0.25) is 0 Å². The predicted molar refractivity (Wildman–Crippen MR) is 128 cm³/mol. The first-order valence-corrected chi connectivity index (χ1v) is 10.8. The summed E-state index contributed by atoms with van der Waals surface area (Å²) in [7, 11) is 0. The number of benzene rings is 2. The largest absolute Gasteiger partial charge is 0.494 e. The minimum Gasteiger partial charge on any atom is -0.494 e. The summed E-state index contributed by atoms with van der Waals surface area (Å²) in [6, 6.07) is 19.2. The van der Waals surface area contributed by atoms with Crippen LogP contribution < -0.4 is 10.2 Å². The monoisotopic (exact) mass is 458 g/mol. The fourth-order valence-electron chi connectivity index (χ4n) is 3.32. The lowest BCUT2D eigenvalue weighted by Crippen LogP contribution is -2.18. The molecule has 0 bridgehead atoms. The van der Waals surface area contributed by atoms with Gasteiger partial charge >= 0.3 is 5.88 Å². The summed E-state index contributed by atoms with van der Waals surface area (Å²) >= 11 is 0. The Bertz CT molecular complexity index is 1360. The van der Waals surface area contributed by atoms with Gasteiger partial charge in [-0.15, -0.1) is 0 Å². The Labute approximate surface area is 195 Å². The topological polar surface area (TPSA) is 120 Å². The summed E-state index contributed by atoms with van der Waals surface area (Å²) in [5.41, 5.74) is 4.94. The number of amides is 1. The molecule has 0 saturated carbocycles. The normalized spacial score (nSPS) is 11.1. The lowest BCUT2D eigenvalue weighted by molar-refractivity contribution is -0.402. The number of furan rings is 1. The van der Waals surface area contributed by atoms with Crippen molar-refractivity contribution in [3.8, 4) is 17.0 Å². The lowest BCUT2D eigenvalue weighted by atomic mass is 10.0. The lowest BCUT2D eigenvalue weighted by Gasteiger charge is -2.10. The predicted octanol–water partition coefficient (Wildman–Crippen LogP) is 5.35. The van der Waals surface area contributed by atoms with Gasteiger partial charge in [0.25, 0.3) is 5.91 Å². The molecule has 9 nitrogen and oxygen atoms in total. The van der Waals surface area contributed by atoms with E-state index in [0.717, 1.165) is 24.2 Å². The van der Waals surface area contributed by atoms with E-state index >= 15 is 0 Å². The standard InChI is InChI=1S/C25H22N4O5/c1-2-3-13-33-18-8-6-7-17(14-18)23-15-21(20-9-4-5-10-22(20)27-23)25(30)28-26-16-19-11-12-24(34-19)29(31)32/h4-12,14-16H,2-3,13H2,1H3,(H,28,30). The Balaban J connectivity index is 1.61. The van der Waals surface area contributed by atoms with Gasteiger partial charge in [-0.05, 0) is 36.8 Å². The highest BCUT2D eigenvalue weighted by molar-refractivity contribution is 6.07. The zero-order chi connectivity index (χ0) is 23.9. The number of pyridine rings is 1. The van der Waals surface area contributed by atoms with Crippen LogP contribution in [0.25, 0.3) is 22.2 Å². The van der Waals surface area contributed by atoms with E-state index in [1.807, 2.05) is 48.5 Å². The highest BCUT2D eigenvalue weighted by atomic mass is 16.6. The summed E-state index contributed by atoms with van der Waals surface area (Å²) in [6.45, 7) is 2.74. The molecule has 0 aliphatic heterocycles. The van der Waals surface area contributed by atoms with Crippen LogP contribution in [-0.2, 0) is 0 Å². The van der Waals surface area contributed by atoms with Crippen LogP contribution in [0.4, 0.5) is 5.88 Å². The van der Waals surface area contributed by atoms with Gasteiger partial charge in [-0.3, -0.25) is 14.9 Å². The quantitative estimate of drug-likeness (QED) is 0.156. The number of nitrogens with one attached hydrogen (secondary N) is 1. The molecule has 172 valence electrons. The summed E-state index contributed by atoms with van der Waals surface area (Å²) in [5, 5.41) is 15.3. The number of fused-ring (bicyclic) bond motifs is 1. The summed E-state index contributed by atoms with van der Waals surface area (Å²) < 4.78 is 10.8. The maximum atomic E-state index is 13.0. The van der Waals surface area contributed by atoms with Crippen molar-refractivity contribution in [1.82, 2.24) is 10.4 Å². The van der Waals surface area contributed by atoms with Crippen molar-refractivity contribution >= 4 is 28.9 Å². The second-order valence-corrected chi connectivity index (χ2v) is 7.43. The zero-order valence-corrected chi connectivity index (χ0v) is 18.4. The minimum atomic E-state index is -0.648. The molecule has 2 aromatic heterocycles. The van der Waals surface area contributed by atoms with Crippen molar-refractivity contribution in [2.45, 2.75) is 19.8 Å². The van der Waals surface area contributed by atoms with E-state index in [9.17, 15) is 14.9 Å². The second kappa shape index (κ2) is 10.4. The van der Waals surface area contributed by atoms with Gasteiger partial charge in [0.2, 0.25) is 0 Å². The number of aromatic nitrogens is 1. The molecule has 1 amide bonds. The Hall–Kier alpha value is -4.53. The molecule has 2 aromatic carbocycles. The molecule has 4 aromatic rings. The Morgan fingerprint density at radius 1 is 1.18 bits per heavy atom. The van der Waals surface area contributed by atoms with E-state index in [1.165, 1.54) is 18.3 Å². The van der Waals surface area contributed by atoms with Crippen LogP contribution in [0, 0.1) is 10.1 Å². The molecule has 9 heteroatoms. The molecular weight excluding hydrogens is 436 g/mol. The second-order valence-electron chi connectivity index (χ2n) is 7.43. The molecule has 0 atom stereocenters. The molecule has 0 saturated heterocycles. The first-order chi connectivity index (χ1) is 16.5. The average Bonchev–Trinajstić information content (AvgIpc) is 3.33. The molecule has 0 aliphatic rings. The van der Waals surface area contributed by atoms with Gasteiger partial charge in [-0.25, -0.2) is 10.4 Å². The smallest absolute Gasteiger partial charge is 0.433 e. The number of nitro groups is 1. The van der Waals surface area contributed by atoms with E-state index in [2.05, 4.69) is 17.5 Å². The molecular formula is C25H22N4O5. The molecule has 2 heterocycles. The maximum absolute atomic E-state index is 13.0. The van der Waals surface area contributed by atoms with Gasteiger partial charge in [-0.1, -0.05) is 43.7 Å². The molecule has 1 N–H and O–H groups in total. The first kappa shape index (κ1) is 22.7. The van der Waals surface area contributed by atoms with Gasteiger partial charge in [0.05, 0.1) is 35.7 Å². The van der Waals surface area contributed by atoms with E-state index in [-0.39, 0.29) is 5.76 Å². The number of nitrogens with zero attached hydrogens (tertiary/aromatic N) is 3. The van der Waals surface area contributed by atoms with Crippen molar-refractivity contribution < 1.29 is 18.9 Å². The van der Waals surface area contributed by atoms with E-state index in [0.29, 0.717) is 28.8 Å². The highest BCUT2D eigenvalue weighted by Crippen LogP contribution is 2.27. The SMILES string of the molecule is CCCCOc1cccc(-c2cc(C(=O)NN=Cc3ccc([N+](=O)[O-])o3)c3ccccc3n2)c1.